The molecule has 0 N–H and O–H groups in total. The molecule has 1 aliphatic heterocycles. The normalized spacial score (nSPS) is 19.7. The van der Waals surface area contributed by atoms with E-state index in [1.165, 1.54) is 6.92 Å². The topological polar surface area (TPSA) is 103 Å². The third kappa shape index (κ3) is 3.29. The minimum Gasteiger partial charge on any atom is -0.298 e. The van der Waals surface area contributed by atoms with Gasteiger partial charge in [0.15, 0.2) is 5.78 Å². The number of piperidine rings is 1. The highest BCUT2D eigenvalue weighted by Gasteiger charge is 2.34. The average molecular weight is 238 g/mol. The molecule has 0 aromatic rings. The predicted molar refractivity (Wildman–Crippen MR) is 58.8 cm³/mol. The maximum absolute atomic E-state index is 11.8. The SMILES string of the molecule is CC(=O)C1CCCC(=O)N1C(=O)CCN=[N+]=[N-]. The Bertz CT molecular complexity index is 387. The van der Waals surface area contributed by atoms with Crippen LogP contribution >= 0.6 is 0 Å². The molecule has 1 aliphatic rings. The molecule has 2 amide bonds. The van der Waals surface area contributed by atoms with Gasteiger partial charge in [0.25, 0.3) is 0 Å². The van der Waals surface area contributed by atoms with Crippen LogP contribution < -0.4 is 0 Å². The summed E-state index contributed by atoms with van der Waals surface area (Å²) >= 11 is 0. The van der Waals surface area contributed by atoms with Crippen LogP contribution in [-0.2, 0) is 14.4 Å². The van der Waals surface area contributed by atoms with Gasteiger partial charge in [-0.15, -0.1) is 0 Å². The first-order valence-corrected chi connectivity index (χ1v) is 5.44. The fraction of sp³-hybridized carbons (Fsp3) is 0.700. The van der Waals surface area contributed by atoms with Crippen LogP contribution in [0.5, 0.6) is 0 Å². The summed E-state index contributed by atoms with van der Waals surface area (Å²) in [5.41, 5.74) is 8.09. The molecule has 7 nitrogen and oxygen atoms in total. The first-order valence-electron chi connectivity index (χ1n) is 5.44. The quantitative estimate of drug-likeness (QED) is 0.417. The van der Waals surface area contributed by atoms with E-state index in [0.717, 1.165) is 4.90 Å². The molecule has 17 heavy (non-hydrogen) atoms. The Balaban J connectivity index is 2.74. The van der Waals surface area contributed by atoms with Gasteiger partial charge in [0.1, 0.15) is 0 Å². The van der Waals surface area contributed by atoms with Crippen LogP contribution in [0.2, 0.25) is 0 Å². The molecule has 0 radical (unpaired) electrons. The van der Waals surface area contributed by atoms with E-state index in [1.807, 2.05) is 0 Å². The molecule has 7 heteroatoms. The lowest BCUT2D eigenvalue weighted by atomic mass is 9.98. The van der Waals surface area contributed by atoms with Crippen LogP contribution in [0.1, 0.15) is 32.6 Å². The summed E-state index contributed by atoms with van der Waals surface area (Å²) in [6, 6.07) is -0.644. The molecular formula is C10H14N4O3. The highest BCUT2D eigenvalue weighted by molar-refractivity contribution is 6.01. The van der Waals surface area contributed by atoms with Crippen LogP contribution in [0.15, 0.2) is 5.11 Å². The number of rotatable bonds is 4. The van der Waals surface area contributed by atoms with Crippen molar-refractivity contribution in [2.24, 2.45) is 5.11 Å². The molecule has 0 saturated carbocycles. The Morgan fingerprint density at radius 2 is 2.29 bits per heavy atom. The van der Waals surface area contributed by atoms with Crippen molar-refractivity contribution in [1.82, 2.24) is 4.90 Å². The molecule has 1 saturated heterocycles. The van der Waals surface area contributed by atoms with Gasteiger partial charge in [-0.2, -0.15) is 0 Å². The zero-order valence-electron chi connectivity index (χ0n) is 9.63. The fourth-order valence-electron chi connectivity index (χ4n) is 1.88. The molecular weight excluding hydrogens is 224 g/mol. The molecule has 0 aliphatic carbocycles. The van der Waals surface area contributed by atoms with Crippen LogP contribution in [-0.4, -0.2) is 35.1 Å². The van der Waals surface area contributed by atoms with Gasteiger partial charge in [0.05, 0.1) is 6.04 Å². The van der Waals surface area contributed by atoms with Crippen LogP contribution in [0.3, 0.4) is 0 Å². The van der Waals surface area contributed by atoms with E-state index in [4.69, 9.17) is 5.53 Å². The number of amides is 2. The van der Waals surface area contributed by atoms with E-state index in [0.29, 0.717) is 12.8 Å². The highest BCUT2D eigenvalue weighted by atomic mass is 16.2. The number of Topliss-reactive ketones (excluding diaryl/α,β-unsaturated/α-hetero) is 1. The van der Waals surface area contributed by atoms with Crippen LogP contribution in [0.25, 0.3) is 10.4 Å². The van der Waals surface area contributed by atoms with Crippen molar-refractivity contribution in [2.75, 3.05) is 6.54 Å². The molecule has 0 aromatic heterocycles. The standard InChI is InChI=1S/C10H14N4O3/c1-7(15)8-3-2-4-9(16)14(8)10(17)5-6-12-13-11/h8H,2-6H2,1H3. The van der Waals surface area contributed by atoms with Gasteiger partial charge in [-0.3, -0.25) is 19.3 Å². The van der Waals surface area contributed by atoms with Gasteiger partial charge in [-0.25, -0.2) is 0 Å². The number of hydrogen-bond donors (Lipinski definition) is 0. The molecule has 0 aromatic carbocycles. The lowest BCUT2D eigenvalue weighted by Gasteiger charge is -2.32. The van der Waals surface area contributed by atoms with Gasteiger partial charge in [0, 0.05) is 24.3 Å². The van der Waals surface area contributed by atoms with Gasteiger partial charge in [-0.1, -0.05) is 5.11 Å². The van der Waals surface area contributed by atoms with E-state index in [9.17, 15) is 14.4 Å². The van der Waals surface area contributed by atoms with Crippen molar-refractivity contribution < 1.29 is 14.4 Å². The molecule has 1 heterocycles. The number of ketones is 1. The molecule has 1 fully saturated rings. The number of azide groups is 1. The number of carbonyl (C=O) groups is 3. The third-order valence-corrected chi connectivity index (χ3v) is 2.68. The predicted octanol–water partition coefficient (Wildman–Crippen LogP) is 1.18. The van der Waals surface area contributed by atoms with Gasteiger partial charge < -0.3 is 0 Å². The van der Waals surface area contributed by atoms with E-state index >= 15 is 0 Å². The summed E-state index contributed by atoms with van der Waals surface area (Å²) in [5.74, 6) is -0.945. The lowest BCUT2D eigenvalue weighted by Crippen LogP contribution is -2.50. The number of hydrogen-bond acceptors (Lipinski definition) is 4. The zero-order valence-corrected chi connectivity index (χ0v) is 9.63. The minimum absolute atomic E-state index is 0.00371. The second-order valence-electron chi connectivity index (χ2n) is 3.88. The summed E-state index contributed by atoms with van der Waals surface area (Å²) in [6.07, 6.45) is 1.40. The van der Waals surface area contributed by atoms with E-state index in [1.54, 1.807) is 0 Å². The van der Waals surface area contributed by atoms with Gasteiger partial charge in [-0.05, 0) is 25.3 Å². The highest BCUT2D eigenvalue weighted by Crippen LogP contribution is 2.20. The van der Waals surface area contributed by atoms with Crippen molar-refractivity contribution in [3.05, 3.63) is 10.4 Å². The maximum Gasteiger partial charge on any atom is 0.229 e. The number of carbonyl (C=O) groups excluding carboxylic acids is 3. The Hall–Kier alpha value is -1.88. The van der Waals surface area contributed by atoms with Crippen LogP contribution in [0, 0.1) is 0 Å². The van der Waals surface area contributed by atoms with Crippen LogP contribution in [0.4, 0.5) is 0 Å². The van der Waals surface area contributed by atoms with Crippen molar-refractivity contribution in [3.63, 3.8) is 0 Å². The molecule has 1 unspecified atom stereocenters. The molecule has 0 bridgehead atoms. The molecule has 0 spiro atoms. The summed E-state index contributed by atoms with van der Waals surface area (Å²) in [4.78, 5) is 38.3. The Morgan fingerprint density at radius 1 is 1.59 bits per heavy atom. The zero-order chi connectivity index (χ0) is 12.8. The van der Waals surface area contributed by atoms with Crippen molar-refractivity contribution in [2.45, 2.75) is 38.6 Å². The van der Waals surface area contributed by atoms with E-state index in [2.05, 4.69) is 10.0 Å². The second kappa shape index (κ2) is 6.00. The first-order chi connectivity index (χ1) is 8.07. The Morgan fingerprint density at radius 3 is 2.88 bits per heavy atom. The largest absolute Gasteiger partial charge is 0.298 e. The smallest absolute Gasteiger partial charge is 0.229 e. The van der Waals surface area contributed by atoms with Crippen molar-refractivity contribution >= 4 is 17.6 Å². The minimum atomic E-state index is -0.644. The van der Waals surface area contributed by atoms with Gasteiger partial charge >= 0.3 is 0 Å². The van der Waals surface area contributed by atoms with E-state index < -0.39 is 11.9 Å². The third-order valence-electron chi connectivity index (χ3n) is 2.68. The molecule has 1 atom stereocenters. The first kappa shape index (κ1) is 13.2. The lowest BCUT2D eigenvalue weighted by molar-refractivity contribution is -0.153. The second-order valence-corrected chi connectivity index (χ2v) is 3.88. The summed E-state index contributed by atoms with van der Waals surface area (Å²) < 4.78 is 0. The maximum atomic E-state index is 11.8. The number of nitrogens with zero attached hydrogens (tertiary/aromatic N) is 4. The number of likely N-dealkylation sites (tertiary alicyclic amines) is 1. The van der Waals surface area contributed by atoms with Crippen molar-refractivity contribution in [1.29, 1.82) is 0 Å². The number of imide groups is 1. The average Bonchev–Trinajstić information content (AvgIpc) is 2.28. The monoisotopic (exact) mass is 238 g/mol. The van der Waals surface area contributed by atoms with E-state index in [-0.39, 0.29) is 31.1 Å². The summed E-state index contributed by atoms with van der Waals surface area (Å²) in [7, 11) is 0. The Kier molecular flexibility index (Phi) is 4.66. The van der Waals surface area contributed by atoms with Gasteiger partial charge in [0.2, 0.25) is 11.8 Å². The molecule has 92 valence electrons. The fourth-order valence-corrected chi connectivity index (χ4v) is 1.88. The Labute approximate surface area is 98.4 Å². The summed E-state index contributed by atoms with van der Waals surface area (Å²) in [6.45, 7) is 1.38. The van der Waals surface area contributed by atoms with Crippen molar-refractivity contribution in [3.8, 4) is 0 Å². The summed E-state index contributed by atoms with van der Waals surface area (Å²) in [5, 5.41) is 3.24. The molecule has 1 rings (SSSR count).